The molecule has 0 aliphatic carbocycles. The molecule has 76 valence electrons. The van der Waals surface area contributed by atoms with E-state index >= 15 is 0 Å². The third-order valence-electron chi connectivity index (χ3n) is 1.78. The van der Waals surface area contributed by atoms with Crippen LogP contribution in [0.3, 0.4) is 0 Å². The van der Waals surface area contributed by atoms with Gasteiger partial charge in [0.05, 0.1) is 18.1 Å². The molecule has 2 rings (SSSR count). The summed E-state index contributed by atoms with van der Waals surface area (Å²) in [7, 11) is 0. The van der Waals surface area contributed by atoms with E-state index in [1.807, 2.05) is 24.3 Å². The van der Waals surface area contributed by atoms with Gasteiger partial charge < -0.3 is 10.5 Å². The van der Waals surface area contributed by atoms with Crippen LogP contribution in [-0.2, 0) is 0 Å². The Morgan fingerprint density at radius 2 is 1.80 bits per heavy atom. The molecule has 0 bridgehead atoms. The Kier molecular flexibility index (Phi) is 3.05. The quantitative estimate of drug-likeness (QED) is 0.867. The standard InChI is InChI=1S/C11H9IN2O/c12-8-1-3-10(4-2-8)15-11-5-9(13)6-14-7-11/h1-7H,13H2. The lowest BCUT2D eigenvalue weighted by molar-refractivity contribution is 0.480. The average molecular weight is 312 g/mol. The molecule has 3 nitrogen and oxygen atoms in total. The molecule has 0 saturated heterocycles. The smallest absolute Gasteiger partial charge is 0.147 e. The molecule has 0 fully saturated rings. The lowest BCUT2D eigenvalue weighted by Crippen LogP contribution is -1.89. The summed E-state index contributed by atoms with van der Waals surface area (Å²) < 4.78 is 6.74. The number of pyridine rings is 1. The number of nitrogens with two attached hydrogens (primary N) is 1. The monoisotopic (exact) mass is 312 g/mol. The molecule has 0 radical (unpaired) electrons. The molecule has 4 heteroatoms. The highest BCUT2D eigenvalue weighted by Crippen LogP contribution is 2.22. The molecule has 2 N–H and O–H groups in total. The second-order valence-corrected chi connectivity index (χ2v) is 4.26. The molecule has 2 aromatic rings. The van der Waals surface area contributed by atoms with Crippen molar-refractivity contribution in [2.24, 2.45) is 0 Å². The van der Waals surface area contributed by atoms with E-state index < -0.39 is 0 Å². The second kappa shape index (κ2) is 4.48. The fourth-order valence-electron chi connectivity index (χ4n) is 1.13. The molecule has 0 aliphatic heterocycles. The summed E-state index contributed by atoms with van der Waals surface area (Å²) in [6, 6.07) is 9.52. The molecule has 0 spiro atoms. The number of ether oxygens (including phenoxy) is 1. The predicted octanol–water partition coefficient (Wildman–Crippen LogP) is 3.06. The number of hydrogen-bond acceptors (Lipinski definition) is 3. The molecule has 0 saturated carbocycles. The van der Waals surface area contributed by atoms with Crippen LogP contribution in [0.5, 0.6) is 11.5 Å². The number of anilines is 1. The third kappa shape index (κ3) is 2.82. The molecule has 1 heterocycles. The van der Waals surface area contributed by atoms with Gasteiger partial charge in [-0.05, 0) is 46.9 Å². The number of benzene rings is 1. The van der Waals surface area contributed by atoms with Crippen molar-refractivity contribution < 1.29 is 4.74 Å². The van der Waals surface area contributed by atoms with Crippen molar-refractivity contribution in [1.82, 2.24) is 4.98 Å². The number of aromatic nitrogens is 1. The van der Waals surface area contributed by atoms with Gasteiger partial charge in [-0.1, -0.05) is 0 Å². The summed E-state index contributed by atoms with van der Waals surface area (Å²) in [5.41, 5.74) is 6.19. The maximum Gasteiger partial charge on any atom is 0.147 e. The van der Waals surface area contributed by atoms with E-state index in [-0.39, 0.29) is 0 Å². The van der Waals surface area contributed by atoms with Crippen LogP contribution in [0.25, 0.3) is 0 Å². The van der Waals surface area contributed by atoms with Gasteiger partial charge in [0.1, 0.15) is 11.5 Å². The Morgan fingerprint density at radius 3 is 2.47 bits per heavy atom. The van der Waals surface area contributed by atoms with Crippen molar-refractivity contribution in [3.05, 3.63) is 46.3 Å². The van der Waals surface area contributed by atoms with Gasteiger partial charge in [-0.3, -0.25) is 4.98 Å². The summed E-state index contributed by atoms with van der Waals surface area (Å²) in [4.78, 5) is 3.95. The summed E-state index contributed by atoms with van der Waals surface area (Å²) in [5, 5.41) is 0. The van der Waals surface area contributed by atoms with Gasteiger partial charge in [-0.25, -0.2) is 0 Å². The van der Waals surface area contributed by atoms with E-state index in [1.54, 1.807) is 18.5 Å². The molecule has 15 heavy (non-hydrogen) atoms. The van der Waals surface area contributed by atoms with Crippen LogP contribution in [0.2, 0.25) is 0 Å². The van der Waals surface area contributed by atoms with Gasteiger partial charge in [-0.15, -0.1) is 0 Å². The summed E-state index contributed by atoms with van der Waals surface area (Å²) in [6.07, 6.45) is 3.22. The SMILES string of the molecule is Nc1cncc(Oc2ccc(I)cc2)c1. The predicted molar refractivity (Wildman–Crippen MR) is 67.9 cm³/mol. The summed E-state index contributed by atoms with van der Waals surface area (Å²) in [5.74, 6) is 1.43. The number of halogens is 1. The molecule has 0 aliphatic rings. The van der Waals surface area contributed by atoms with Crippen molar-refractivity contribution in [2.75, 3.05) is 5.73 Å². The normalized spacial score (nSPS) is 9.93. The minimum absolute atomic E-state index is 0.595. The number of hydrogen-bond donors (Lipinski definition) is 1. The minimum Gasteiger partial charge on any atom is -0.456 e. The van der Waals surface area contributed by atoms with Gasteiger partial charge in [0.2, 0.25) is 0 Å². The summed E-state index contributed by atoms with van der Waals surface area (Å²) >= 11 is 2.24. The Balaban J connectivity index is 2.18. The van der Waals surface area contributed by atoms with Crippen LogP contribution < -0.4 is 10.5 Å². The van der Waals surface area contributed by atoms with Crippen molar-refractivity contribution in [2.45, 2.75) is 0 Å². The highest BCUT2D eigenvalue weighted by atomic mass is 127. The largest absolute Gasteiger partial charge is 0.456 e. The van der Waals surface area contributed by atoms with E-state index in [0.29, 0.717) is 11.4 Å². The number of nitrogen functional groups attached to an aromatic ring is 1. The average Bonchev–Trinajstić information content (AvgIpc) is 2.22. The zero-order valence-corrected chi connectivity index (χ0v) is 10.0. The highest BCUT2D eigenvalue weighted by molar-refractivity contribution is 14.1. The van der Waals surface area contributed by atoms with Crippen molar-refractivity contribution in [3.8, 4) is 11.5 Å². The zero-order valence-electron chi connectivity index (χ0n) is 7.85. The highest BCUT2D eigenvalue weighted by Gasteiger charge is 1.97. The minimum atomic E-state index is 0.595. The fourth-order valence-corrected chi connectivity index (χ4v) is 1.49. The Morgan fingerprint density at radius 1 is 1.07 bits per heavy atom. The third-order valence-corrected chi connectivity index (χ3v) is 2.50. The van der Waals surface area contributed by atoms with E-state index in [4.69, 9.17) is 10.5 Å². The first-order chi connectivity index (χ1) is 7.24. The Labute approximate surface area is 101 Å². The van der Waals surface area contributed by atoms with Crippen molar-refractivity contribution in [3.63, 3.8) is 0 Å². The van der Waals surface area contributed by atoms with Crippen LogP contribution in [0.4, 0.5) is 5.69 Å². The Bertz CT molecular complexity index is 456. The lowest BCUT2D eigenvalue weighted by Gasteiger charge is -2.05. The van der Waals surface area contributed by atoms with Gasteiger partial charge >= 0.3 is 0 Å². The molecule has 0 unspecified atom stereocenters. The van der Waals surface area contributed by atoms with Crippen LogP contribution in [-0.4, -0.2) is 4.98 Å². The van der Waals surface area contributed by atoms with E-state index in [1.165, 1.54) is 3.57 Å². The first-order valence-electron chi connectivity index (χ1n) is 4.38. The Hall–Kier alpha value is -1.30. The van der Waals surface area contributed by atoms with Crippen molar-refractivity contribution in [1.29, 1.82) is 0 Å². The number of nitrogens with zero attached hydrogens (tertiary/aromatic N) is 1. The molecule has 1 aromatic heterocycles. The second-order valence-electron chi connectivity index (χ2n) is 3.01. The van der Waals surface area contributed by atoms with Crippen LogP contribution in [0, 0.1) is 3.57 Å². The molecule has 1 aromatic carbocycles. The summed E-state index contributed by atoms with van der Waals surface area (Å²) in [6.45, 7) is 0. The van der Waals surface area contributed by atoms with E-state index in [0.717, 1.165) is 5.75 Å². The van der Waals surface area contributed by atoms with E-state index in [9.17, 15) is 0 Å². The van der Waals surface area contributed by atoms with Crippen LogP contribution >= 0.6 is 22.6 Å². The molecule has 0 atom stereocenters. The molecular weight excluding hydrogens is 303 g/mol. The van der Waals surface area contributed by atoms with Crippen LogP contribution in [0.1, 0.15) is 0 Å². The lowest BCUT2D eigenvalue weighted by atomic mass is 10.3. The maximum atomic E-state index is 5.59. The van der Waals surface area contributed by atoms with Gasteiger partial charge in [-0.2, -0.15) is 0 Å². The number of rotatable bonds is 2. The first kappa shape index (κ1) is 10.2. The van der Waals surface area contributed by atoms with E-state index in [2.05, 4.69) is 27.6 Å². The van der Waals surface area contributed by atoms with Crippen LogP contribution in [0.15, 0.2) is 42.7 Å². The molecule has 0 amide bonds. The maximum absolute atomic E-state index is 5.59. The van der Waals surface area contributed by atoms with Gasteiger partial charge in [0, 0.05) is 9.64 Å². The van der Waals surface area contributed by atoms with Gasteiger partial charge in [0.25, 0.3) is 0 Å². The van der Waals surface area contributed by atoms with Crippen molar-refractivity contribution >= 4 is 28.3 Å². The fraction of sp³-hybridized carbons (Fsp3) is 0. The molecular formula is C11H9IN2O. The first-order valence-corrected chi connectivity index (χ1v) is 5.46. The van der Waals surface area contributed by atoms with Gasteiger partial charge in [0.15, 0.2) is 0 Å². The zero-order chi connectivity index (χ0) is 10.7. The topological polar surface area (TPSA) is 48.1 Å².